The Labute approximate surface area is 131 Å². The lowest BCUT2D eigenvalue weighted by atomic mass is 10.1. The molecule has 2 aromatic rings. The number of rotatable bonds is 5. The third-order valence-electron chi connectivity index (χ3n) is 3.24. The third-order valence-corrected chi connectivity index (χ3v) is 4.10. The van der Waals surface area contributed by atoms with E-state index in [1.807, 2.05) is 24.3 Å². The molecule has 0 fully saturated rings. The first-order valence-corrected chi connectivity index (χ1v) is 9.10. The van der Waals surface area contributed by atoms with E-state index in [1.54, 1.807) is 24.3 Å². The van der Waals surface area contributed by atoms with Gasteiger partial charge in [0, 0.05) is 17.5 Å². The smallest absolute Gasteiger partial charge is 0.255 e. The van der Waals surface area contributed by atoms with Gasteiger partial charge in [-0.15, -0.1) is 0 Å². The van der Waals surface area contributed by atoms with E-state index >= 15 is 0 Å². The molecule has 0 aliphatic rings. The van der Waals surface area contributed by atoms with Gasteiger partial charge in [-0.3, -0.25) is 4.79 Å². The second-order valence-electron chi connectivity index (χ2n) is 5.28. The van der Waals surface area contributed by atoms with E-state index in [0.29, 0.717) is 11.1 Å². The number of benzene rings is 2. The van der Waals surface area contributed by atoms with Crippen LogP contribution in [0, 0.1) is 0 Å². The molecule has 1 amide bonds. The maximum atomic E-state index is 12.2. The van der Waals surface area contributed by atoms with Gasteiger partial charge in [-0.1, -0.05) is 31.2 Å². The number of carbonyl (C=O) groups excluding carboxylic acids is 1. The molecule has 2 rings (SSSR count). The van der Waals surface area contributed by atoms with Crippen LogP contribution >= 0.6 is 0 Å². The first kappa shape index (κ1) is 16.2. The van der Waals surface area contributed by atoms with Gasteiger partial charge in [-0.25, -0.2) is 8.42 Å². The topological polar surface area (TPSA) is 63.2 Å². The molecule has 5 heteroatoms. The van der Waals surface area contributed by atoms with Crippen molar-refractivity contribution >= 4 is 21.4 Å². The number of hydrogen-bond donors (Lipinski definition) is 1. The lowest BCUT2D eigenvalue weighted by Gasteiger charge is -2.07. The van der Waals surface area contributed by atoms with Crippen molar-refractivity contribution in [3.05, 3.63) is 65.2 Å². The molecular formula is C17H19NO3S. The lowest BCUT2D eigenvalue weighted by Crippen LogP contribution is -2.12. The van der Waals surface area contributed by atoms with Gasteiger partial charge in [0.25, 0.3) is 5.91 Å². The van der Waals surface area contributed by atoms with E-state index in [-0.39, 0.29) is 11.7 Å². The van der Waals surface area contributed by atoms with Crippen LogP contribution in [0.4, 0.5) is 5.69 Å². The minimum absolute atomic E-state index is 0.0204. The minimum Gasteiger partial charge on any atom is -0.322 e. The van der Waals surface area contributed by atoms with Crippen LogP contribution < -0.4 is 5.32 Å². The van der Waals surface area contributed by atoms with Crippen molar-refractivity contribution in [1.82, 2.24) is 0 Å². The van der Waals surface area contributed by atoms with Gasteiger partial charge in [0.1, 0.15) is 0 Å². The Morgan fingerprint density at radius 3 is 2.32 bits per heavy atom. The molecule has 22 heavy (non-hydrogen) atoms. The second-order valence-corrected chi connectivity index (χ2v) is 7.42. The molecule has 116 valence electrons. The summed E-state index contributed by atoms with van der Waals surface area (Å²) >= 11 is 0. The maximum Gasteiger partial charge on any atom is 0.255 e. The SMILES string of the molecule is CCc1cccc(NC(=O)c2ccc(CS(C)(=O)=O)cc2)c1. The van der Waals surface area contributed by atoms with E-state index in [2.05, 4.69) is 12.2 Å². The van der Waals surface area contributed by atoms with Gasteiger partial charge >= 0.3 is 0 Å². The molecule has 0 unspecified atom stereocenters. The van der Waals surface area contributed by atoms with Gasteiger partial charge in [-0.2, -0.15) is 0 Å². The van der Waals surface area contributed by atoms with Crippen molar-refractivity contribution < 1.29 is 13.2 Å². The Balaban J connectivity index is 2.09. The summed E-state index contributed by atoms with van der Waals surface area (Å²) in [6, 6.07) is 14.3. The summed E-state index contributed by atoms with van der Waals surface area (Å²) in [7, 11) is -3.07. The van der Waals surface area contributed by atoms with Crippen LogP contribution in [-0.4, -0.2) is 20.6 Å². The summed E-state index contributed by atoms with van der Waals surface area (Å²) in [4.78, 5) is 12.2. The van der Waals surface area contributed by atoms with Crippen LogP contribution in [0.3, 0.4) is 0 Å². The van der Waals surface area contributed by atoms with Crippen molar-refractivity contribution in [2.24, 2.45) is 0 Å². The Bertz CT molecular complexity index is 765. The van der Waals surface area contributed by atoms with Crippen LogP contribution in [0.5, 0.6) is 0 Å². The normalized spacial score (nSPS) is 11.2. The van der Waals surface area contributed by atoms with Crippen LogP contribution in [0.2, 0.25) is 0 Å². The largest absolute Gasteiger partial charge is 0.322 e. The summed E-state index contributed by atoms with van der Waals surface area (Å²) in [5.41, 5.74) is 3.08. The number of amides is 1. The predicted octanol–water partition coefficient (Wildman–Crippen LogP) is 3.05. The molecule has 0 spiro atoms. The molecule has 2 aromatic carbocycles. The lowest BCUT2D eigenvalue weighted by molar-refractivity contribution is 0.102. The molecule has 0 bridgehead atoms. The predicted molar refractivity (Wildman–Crippen MR) is 88.8 cm³/mol. The van der Waals surface area contributed by atoms with Gasteiger partial charge in [0.15, 0.2) is 9.84 Å². The quantitative estimate of drug-likeness (QED) is 0.922. The van der Waals surface area contributed by atoms with Crippen molar-refractivity contribution in [2.45, 2.75) is 19.1 Å². The Kier molecular flexibility index (Phi) is 4.98. The molecule has 0 atom stereocenters. The van der Waals surface area contributed by atoms with Gasteiger partial charge in [-0.05, 0) is 41.8 Å². The number of sulfone groups is 1. The van der Waals surface area contributed by atoms with Crippen LogP contribution in [0.1, 0.15) is 28.4 Å². The molecule has 0 aromatic heterocycles. The van der Waals surface area contributed by atoms with E-state index in [4.69, 9.17) is 0 Å². The number of anilines is 1. The second kappa shape index (κ2) is 6.75. The molecule has 0 saturated carbocycles. The summed E-state index contributed by atoms with van der Waals surface area (Å²) in [5.74, 6) is -0.230. The standard InChI is InChI=1S/C17H19NO3S/c1-3-13-5-4-6-16(11-13)18-17(19)15-9-7-14(8-10-15)12-22(2,20)21/h4-11H,3,12H2,1-2H3,(H,18,19). The summed E-state index contributed by atoms with van der Waals surface area (Å²) in [5, 5.41) is 2.84. The highest BCUT2D eigenvalue weighted by molar-refractivity contribution is 7.89. The summed E-state index contributed by atoms with van der Waals surface area (Å²) in [6.07, 6.45) is 2.10. The minimum atomic E-state index is -3.07. The average Bonchev–Trinajstić information content (AvgIpc) is 2.46. The Hall–Kier alpha value is -2.14. The van der Waals surface area contributed by atoms with Crippen LogP contribution in [0.25, 0.3) is 0 Å². The van der Waals surface area contributed by atoms with Gasteiger partial charge in [0.05, 0.1) is 5.75 Å². The fraction of sp³-hybridized carbons (Fsp3) is 0.235. The van der Waals surface area contributed by atoms with E-state index < -0.39 is 9.84 Å². The van der Waals surface area contributed by atoms with E-state index in [1.165, 1.54) is 6.26 Å². The van der Waals surface area contributed by atoms with Crippen molar-refractivity contribution in [1.29, 1.82) is 0 Å². The number of hydrogen-bond acceptors (Lipinski definition) is 3. The molecule has 0 saturated heterocycles. The van der Waals surface area contributed by atoms with Crippen LogP contribution in [0.15, 0.2) is 48.5 Å². The molecule has 0 aliphatic carbocycles. The van der Waals surface area contributed by atoms with Gasteiger partial charge in [0.2, 0.25) is 0 Å². The number of aryl methyl sites for hydroxylation is 1. The summed E-state index contributed by atoms with van der Waals surface area (Å²) < 4.78 is 22.5. The van der Waals surface area contributed by atoms with Crippen LogP contribution in [-0.2, 0) is 22.0 Å². The average molecular weight is 317 g/mol. The Morgan fingerprint density at radius 2 is 1.73 bits per heavy atom. The maximum absolute atomic E-state index is 12.2. The Morgan fingerprint density at radius 1 is 1.05 bits per heavy atom. The molecule has 4 nitrogen and oxygen atoms in total. The molecule has 0 aliphatic heterocycles. The molecule has 1 N–H and O–H groups in total. The zero-order chi connectivity index (χ0) is 16.2. The fourth-order valence-electron chi connectivity index (χ4n) is 2.13. The fourth-order valence-corrected chi connectivity index (χ4v) is 2.93. The van der Waals surface area contributed by atoms with Crippen molar-refractivity contribution in [3.8, 4) is 0 Å². The summed E-state index contributed by atoms with van der Waals surface area (Å²) in [6.45, 7) is 2.06. The monoisotopic (exact) mass is 317 g/mol. The van der Waals surface area contributed by atoms with Crippen molar-refractivity contribution in [3.63, 3.8) is 0 Å². The third kappa shape index (κ3) is 4.70. The van der Waals surface area contributed by atoms with E-state index in [9.17, 15) is 13.2 Å². The molecule has 0 heterocycles. The molecule has 0 radical (unpaired) electrons. The first-order chi connectivity index (χ1) is 10.4. The highest BCUT2D eigenvalue weighted by atomic mass is 32.2. The van der Waals surface area contributed by atoms with Crippen molar-refractivity contribution in [2.75, 3.05) is 11.6 Å². The molecular weight excluding hydrogens is 298 g/mol. The zero-order valence-electron chi connectivity index (χ0n) is 12.7. The van der Waals surface area contributed by atoms with Gasteiger partial charge < -0.3 is 5.32 Å². The number of carbonyl (C=O) groups is 1. The highest BCUT2D eigenvalue weighted by Gasteiger charge is 2.08. The number of nitrogens with one attached hydrogen (secondary N) is 1. The zero-order valence-corrected chi connectivity index (χ0v) is 13.5. The first-order valence-electron chi connectivity index (χ1n) is 7.04. The van der Waals surface area contributed by atoms with E-state index in [0.717, 1.165) is 17.7 Å². The highest BCUT2D eigenvalue weighted by Crippen LogP contribution is 2.14.